The third kappa shape index (κ3) is 3.05. The van der Waals surface area contributed by atoms with Crippen LogP contribution in [0.3, 0.4) is 0 Å². The Morgan fingerprint density at radius 2 is 2.24 bits per heavy atom. The first kappa shape index (κ1) is 13.7. The Kier molecular flexibility index (Phi) is 4.67. The van der Waals surface area contributed by atoms with Crippen molar-refractivity contribution in [3.63, 3.8) is 0 Å². The van der Waals surface area contributed by atoms with Gasteiger partial charge in [0.1, 0.15) is 6.10 Å². The number of rotatable bonds is 3. The maximum absolute atomic E-state index is 10.9. The van der Waals surface area contributed by atoms with Gasteiger partial charge in [-0.25, -0.2) is 0 Å². The van der Waals surface area contributed by atoms with E-state index in [4.69, 9.17) is 15.4 Å². The van der Waals surface area contributed by atoms with Crippen LogP contribution in [-0.2, 0) is 9.53 Å². The number of azide groups is 1. The van der Waals surface area contributed by atoms with Crippen LogP contribution < -0.4 is 5.32 Å². The van der Waals surface area contributed by atoms with Gasteiger partial charge in [0, 0.05) is 11.8 Å². The van der Waals surface area contributed by atoms with Gasteiger partial charge in [-0.05, 0) is 5.53 Å². The average molecular weight is 246 g/mol. The molecule has 0 unspecified atom stereocenters. The number of hydrogen-bond acceptors (Lipinski definition) is 6. The highest BCUT2D eigenvalue weighted by Crippen LogP contribution is 2.22. The lowest BCUT2D eigenvalue weighted by atomic mass is 9.95. The molecule has 1 heterocycles. The van der Waals surface area contributed by atoms with E-state index in [9.17, 15) is 15.0 Å². The molecule has 17 heavy (non-hydrogen) atoms. The minimum atomic E-state index is -1.46. The fourth-order valence-electron chi connectivity index (χ4n) is 1.69. The molecule has 5 atom stereocenters. The van der Waals surface area contributed by atoms with Crippen LogP contribution in [0.4, 0.5) is 0 Å². The van der Waals surface area contributed by atoms with Crippen LogP contribution in [0.5, 0.6) is 0 Å². The summed E-state index contributed by atoms with van der Waals surface area (Å²) in [6.07, 6.45) is -3.84. The van der Waals surface area contributed by atoms with Gasteiger partial charge in [-0.1, -0.05) is 5.11 Å². The average Bonchev–Trinajstić information content (AvgIpc) is 2.27. The quantitative estimate of drug-likeness (QED) is 0.264. The minimum absolute atomic E-state index is 0.467. The fourth-order valence-corrected chi connectivity index (χ4v) is 1.69. The number of aliphatic hydroxyl groups is 3. The number of carbonyl (C=O) groups excluding carboxylic acids is 1. The lowest BCUT2D eigenvalue weighted by Crippen LogP contribution is -2.63. The number of amides is 1. The van der Waals surface area contributed by atoms with Crippen LogP contribution in [0, 0.1) is 0 Å². The van der Waals surface area contributed by atoms with Crippen molar-refractivity contribution in [2.75, 3.05) is 6.61 Å². The normalized spacial score (nSPS) is 37.1. The molecule has 9 heteroatoms. The van der Waals surface area contributed by atoms with Gasteiger partial charge >= 0.3 is 0 Å². The standard InChI is InChI=1S/C8H14N4O5/c1-3(14)10-6-5(11-12-9)7(15)4(2-13)17-8(6)16/h4-8,13,15-16H,2H2,1H3,(H,10,14)/t4-,5-,6+,7-,8+/m1/s1. The zero-order valence-electron chi connectivity index (χ0n) is 9.09. The molecule has 0 radical (unpaired) electrons. The highest BCUT2D eigenvalue weighted by molar-refractivity contribution is 5.73. The molecule has 1 aliphatic rings. The predicted octanol–water partition coefficient (Wildman–Crippen LogP) is -1.76. The summed E-state index contributed by atoms with van der Waals surface area (Å²) < 4.78 is 4.90. The Balaban J connectivity index is 2.92. The molecule has 0 aromatic rings. The van der Waals surface area contributed by atoms with Gasteiger partial charge < -0.3 is 25.4 Å². The molecule has 1 amide bonds. The summed E-state index contributed by atoms with van der Waals surface area (Å²) in [4.78, 5) is 13.5. The van der Waals surface area contributed by atoms with Crippen LogP contribution in [-0.4, -0.2) is 58.4 Å². The summed E-state index contributed by atoms with van der Waals surface area (Å²) in [5.74, 6) is -0.467. The largest absolute Gasteiger partial charge is 0.394 e. The first-order valence-corrected chi connectivity index (χ1v) is 4.95. The fraction of sp³-hybridized carbons (Fsp3) is 0.875. The smallest absolute Gasteiger partial charge is 0.217 e. The Hall–Kier alpha value is -1.38. The topological polar surface area (TPSA) is 148 Å². The molecule has 0 aliphatic carbocycles. The van der Waals surface area contributed by atoms with Gasteiger partial charge in [0.25, 0.3) is 0 Å². The van der Waals surface area contributed by atoms with Crippen molar-refractivity contribution in [3.8, 4) is 0 Å². The number of ether oxygens (including phenoxy) is 1. The molecule has 1 rings (SSSR count). The van der Waals surface area contributed by atoms with Gasteiger partial charge in [0.15, 0.2) is 6.29 Å². The zero-order valence-corrected chi connectivity index (χ0v) is 9.09. The summed E-state index contributed by atoms with van der Waals surface area (Å²) >= 11 is 0. The monoisotopic (exact) mass is 246 g/mol. The van der Waals surface area contributed by atoms with Gasteiger partial charge in [-0.15, -0.1) is 0 Å². The van der Waals surface area contributed by atoms with Crippen LogP contribution in [0.1, 0.15) is 6.92 Å². The molecule has 0 aromatic carbocycles. The molecule has 1 saturated heterocycles. The molecule has 4 N–H and O–H groups in total. The van der Waals surface area contributed by atoms with Crippen molar-refractivity contribution in [2.45, 2.75) is 37.5 Å². The van der Waals surface area contributed by atoms with E-state index in [-0.39, 0.29) is 0 Å². The van der Waals surface area contributed by atoms with E-state index in [0.29, 0.717) is 0 Å². The van der Waals surface area contributed by atoms with Gasteiger partial charge in [-0.2, -0.15) is 0 Å². The highest BCUT2D eigenvalue weighted by atomic mass is 16.6. The second kappa shape index (κ2) is 5.80. The van der Waals surface area contributed by atoms with Gasteiger partial charge in [0.05, 0.1) is 24.8 Å². The van der Waals surface area contributed by atoms with Crippen molar-refractivity contribution in [1.29, 1.82) is 0 Å². The van der Waals surface area contributed by atoms with Crippen molar-refractivity contribution >= 4 is 5.91 Å². The van der Waals surface area contributed by atoms with Gasteiger partial charge in [-0.3, -0.25) is 4.79 Å². The molecule has 0 aromatic heterocycles. The lowest BCUT2D eigenvalue weighted by molar-refractivity contribution is -0.226. The zero-order chi connectivity index (χ0) is 13.0. The van der Waals surface area contributed by atoms with Crippen LogP contribution in [0.25, 0.3) is 10.4 Å². The second-order valence-electron chi connectivity index (χ2n) is 3.66. The number of hydrogen-bond donors (Lipinski definition) is 4. The molecule has 1 aliphatic heterocycles. The SMILES string of the molecule is CC(=O)N[C@H]1[C@@H](N=[N+]=[N-])[C@H](O)[C@@H](CO)O[C@@H]1O. The maximum atomic E-state index is 10.9. The molecule has 0 saturated carbocycles. The van der Waals surface area contributed by atoms with E-state index in [1.807, 2.05) is 0 Å². The molecule has 1 fully saturated rings. The molecular weight excluding hydrogens is 232 g/mol. The summed E-state index contributed by atoms with van der Waals surface area (Å²) in [6, 6.07) is -2.16. The van der Waals surface area contributed by atoms with E-state index in [0.717, 1.165) is 0 Å². The van der Waals surface area contributed by atoms with E-state index >= 15 is 0 Å². The number of carbonyl (C=O) groups is 1. The van der Waals surface area contributed by atoms with Gasteiger partial charge in [0.2, 0.25) is 5.91 Å². The van der Waals surface area contributed by atoms with E-state index < -0.39 is 43.1 Å². The molecule has 96 valence electrons. The summed E-state index contributed by atoms with van der Waals surface area (Å²) in [6.45, 7) is 0.673. The Morgan fingerprint density at radius 1 is 1.59 bits per heavy atom. The highest BCUT2D eigenvalue weighted by Gasteiger charge is 2.44. The third-order valence-corrected chi connectivity index (χ3v) is 2.46. The lowest BCUT2D eigenvalue weighted by Gasteiger charge is -2.40. The minimum Gasteiger partial charge on any atom is -0.394 e. The number of nitrogens with zero attached hydrogens (tertiary/aromatic N) is 3. The van der Waals surface area contributed by atoms with Crippen molar-refractivity contribution in [2.24, 2.45) is 5.11 Å². The molecule has 9 nitrogen and oxygen atoms in total. The first-order chi connectivity index (χ1) is 8.01. The van der Waals surface area contributed by atoms with Crippen LogP contribution >= 0.6 is 0 Å². The maximum Gasteiger partial charge on any atom is 0.217 e. The molecule has 0 spiro atoms. The Bertz CT molecular complexity index is 332. The van der Waals surface area contributed by atoms with E-state index in [1.54, 1.807) is 0 Å². The van der Waals surface area contributed by atoms with E-state index in [2.05, 4.69) is 15.3 Å². The van der Waals surface area contributed by atoms with Crippen molar-refractivity contribution in [1.82, 2.24) is 5.32 Å². The Labute approximate surface area is 96.6 Å². The van der Waals surface area contributed by atoms with E-state index in [1.165, 1.54) is 6.92 Å². The second-order valence-corrected chi connectivity index (χ2v) is 3.66. The number of nitrogens with one attached hydrogen (secondary N) is 1. The summed E-state index contributed by atoms with van der Waals surface area (Å²) in [5.41, 5.74) is 8.38. The summed E-state index contributed by atoms with van der Waals surface area (Å²) in [5, 5.41) is 33.9. The first-order valence-electron chi connectivity index (χ1n) is 4.95. The number of aliphatic hydroxyl groups excluding tert-OH is 3. The van der Waals surface area contributed by atoms with Crippen molar-refractivity contribution < 1.29 is 24.9 Å². The Morgan fingerprint density at radius 3 is 2.71 bits per heavy atom. The van der Waals surface area contributed by atoms with Crippen LogP contribution in [0.15, 0.2) is 5.11 Å². The van der Waals surface area contributed by atoms with Crippen molar-refractivity contribution in [3.05, 3.63) is 10.4 Å². The predicted molar refractivity (Wildman–Crippen MR) is 54.5 cm³/mol. The summed E-state index contributed by atoms with van der Waals surface area (Å²) in [7, 11) is 0. The third-order valence-electron chi connectivity index (χ3n) is 2.46. The van der Waals surface area contributed by atoms with Crippen LogP contribution in [0.2, 0.25) is 0 Å². The molecule has 0 bridgehead atoms. The molecular formula is C8H14N4O5.